The first-order chi connectivity index (χ1) is 21.7. The average Bonchev–Trinajstić information content (AvgIpc) is 3.52. The summed E-state index contributed by atoms with van der Waals surface area (Å²) in [4.78, 5) is 11.7. The molecule has 258 valence electrons. The second-order valence-corrected chi connectivity index (χ2v) is 14.3. The van der Waals surface area contributed by atoms with E-state index in [1.807, 2.05) is 13.8 Å². The Balaban J connectivity index is 1.27. The fraction of sp³-hybridized carbons (Fsp3) is 0.818. The van der Waals surface area contributed by atoms with Gasteiger partial charge >= 0.3 is 7.82 Å². The molecule has 45 heavy (non-hydrogen) atoms. The first-order valence-corrected chi connectivity index (χ1v) is 18.5. The van der Waals surface area contributed by atoms with E-state index in [1.54, 1.807) is 29.1 Å². The number of aromatic nitrogens is 1. The van der Waals surface area contributed by atoms with E-state index in [1.165, 1.54) is 84.2 Å². The quantitative estimate of drug-likeness (QED) is 0.0688. The zero-order valence-electron chi connectivity index (χ0n) is 28.0. The zero-order chi connectivity index (χ0) is 32.5. The fourth-order valence-electron chi connectivity index (χ4n) is 5.80. The fourth-order valence-corrected chi connectivity index (χ4v) is 6.77. The van der Waals surface area contributed by atoms with Crippen molar-refractivity contribution in [2.75, 3.05) is 33.5 Å². The predicted molar refractivity (Wildman–Crippen MR) is 171 cm³/mol. The van der Waals surface area contributed by atoms with E-state index in [-0.39, 0.29) is 13.2 Å². The minimum atomic E-state index is -3.83. The van der Waals surface area contributed by atoms with E-state index in [2.05, 4.69) is 6.92 Å². The molecule has 0 aliphatic carbocycles. The molecule has 2 fully saturated rings. The van der Waals surface area contributed by atoms with Crippen molar-refractivity contribution >= 4 is 13.7 Å². The predicted octanol–water partition coefficient (Wildman–Crippen LogP) is 6.78. The lowest BCUT2D eigenvalue weighted by atomic mass is 10.0. The summed E-state index contributed by atoms with van der Waals surface area (Å²) in [5, 5.41) is 0. The van der Waals surface area contributed by atoms with Gasteiger partial charge in [0, 0.05) is 26.4 Å². The average molecular weight is 658 g/mol. The number of phosphoric acid groups is 1. The number of hydrogen-bond donors (Lipinski definition) is 1. The Labute approximate surface area is 270 Å². The molecule has 5 atom stereocenters. The van der Waals surface area contributed by atoms with E-state index in [0.717, 1.165) is 13.0 Å². The lowest BCUT2D eigenvalue weighted by Crippen LogP contribution is -2.46. The molecule has 5 unspecified atom stereocenters. The number of phosphoric ester groups is 1. The van der Waals surface area contributed by atoms with Crippen LogP contribution in [0.1, 0.15) is 127 Å². The van der Waals surface area contributed by atoms with Gasteiger partial charge in [0.1, 0.15) is 17.8 Å². The number of nitrogens with zero attached hydrogens (tertiary/aromatic N) is 1. The van der Waals surface area contributed by atoms with Crippen LogP contribution in [-0.2, 0) is 37.1 Å². The lowest BCUT2D eigenvalue weighted by molar-refractivity contribution is -0.766. The van der Waals surface area contributed by atoms with Crippen LogP contribution in [0.25, 0.3) is 0 Å². The highest BCUT2D eigenvalue weighted by molar-refractivity contribution is 7.48. The van der Waals surface area contributed by atoms with Gasteiger partial charge in [0.15, 0.2) is 24.3 Å². The van der Waals surface area contributed by atoms with E-state index in [4.69, 9.17) is 38.3 Å². The summed E-state index contributed by atoms with van der Waals surface area (Å²) >= 11 is 0. The largest absolute Gasteiger partial charge is 0.474 e. The summed E-state index contributed by atoms with van der Waals surface area (Å²) in [6.45, 7) is 7.20. The third kappa shape index (κ3) is 13.3. The van der Waals surface area contributed by atoms with Crippen LogP contribution >= 0.6 is 7.82 Å². The monoisotopic (exact) mass is 657 g/mol. The lowest BCUT2D eigenvalue weighted by Gasteiger charge is -2.23. The van der Waals surface area contributed by atoms with Gasteiger partial charge < -0.3 is 24.7 Å². The second kappa shape index (κ2) is 20.1. The molecule has 0 aromatic carbocycles. The van der Waals surface area contributed by atoms with Gasteiger partial charge in [-0.2, -0.15) is 4.57 Å². The maximum atomic E-state index is 13.1. The van der Waals surface area contributed by atoms with Crippen LogP contribution in [0, 0.1) is 0 Å². The molecule has 2 aliphatic heterocycles. The Hall–Kier alpha value is -1.43. The van der Waals surface area contributed by atoms with E-state index in [0.29, 0.717) is 18.6 Å². The molecule has 2 N–H and O–H groups in total. The second-order valence-electron chi connectivity index (χ2n) is 12.5. The number of hydrogen-bond acceptors (Lipinski definition) is 9. The van der Waals surface area contributed by atoms with Crippen molar-refractivity contribution in [2.45, 2.75) is 141 Å². The molecule has 1 amide bonds. The van der Waals surface area contributed by atoms with Crippen molar-refractivity contribution in [2.24, 2.45) is 5.73 Å². The molecule has 1 aromatic heterocycles. The Morgan fingerprint density at radius 3 is 2.11 bits per heavy atom. The number of nitrogens with two attached hydrogens (primary N) is 1. The van der Waals surface area contributed by atoms with Gasteiger partial charge in [0.2, 0.25) is 0 Å². The molecule has 12 heteroatoms. The van der Waals surface area contributed by atoms with Gasteiger partial charge in [-0.15, -0.1) is 0 Å². The molecule has 1 aromatic rings. The van der Waals surface area contributed by atoms with Gasteiger partial charge in [-0.05, 0) is 32.8 Å². The first-order valence-electron chi connectivity index (χ1n) is 17.0. The van der Waals surface area contributed by atoms with E-state index in [9.17, 15) is 9.36 Å². The third-order valence-electron chi connectivity index (χ3n) is 8.22. The van der Waals surface area contributed by atoms with Gasteiger partial charge in [0.25, 0.3) is 12.1 Å². The van der Waals surface area contributed by atoms with E-state index >= 15 is 0 Å². The number of primary amides is 1. The molecule has 2 saturated heterocycles. The van der Waals surface area contributed by atoms with Crippen LogP contribution in [0.2, 0.25) is 0 Å². The zero-order valence-corrected chi connectivity index (χ0v) is 28.9. The molecule has 2 aliphatic rings. The molecule has 0 spiro atoms. The number of ether oxygens (including phenoxy) is 4. The van der Waals surface area contributed by atoms with Crippen molar-refractivity contribution in [3.8, 4) is 0 Å². The van der Waals surface area contributed by atoms with Crippen molar-refractivity contribution in [1.82, 2.24) is 0 Å². The van der Waals surface area contributed by atoms with Gasteiger partial charge in [-0.3, -0.25) is 18.4 Å². The van der Waals surface area contributed by atoms with Crippen molar-refractivity contribution in [3.63, 3.8) is 0 Å². The summed E-state index contributed by atoms with van der Waals surface area (Å²) < 4.78 is 55.3. The van der Waals surface area contributed by atoms with Crippen molar-refractivity contribution in [3.05, 3.63) is 30.1 Å². The van der Waals surface area contributed by atoms with Crippen LogP contribution in [0.3, 0.4) is 0 Å². The van der Waals surface area contributed by atoms with Crippen LogP contribution in [0.4, 0.5) is 0 Å². The molecule has 0 bridgehead atoms. The standard InChI is InChI=1S/C33H57N2O9P/c1-5-6-7-8-9-10-11-12-13-14-15-16-17-22-39-23-19-24-40-45(37,38-4)41-26-28-29-30(44-33(2,3)43-29)32(42-28)35-21-18-20-27(25-35)31(34)36/h18,20-21,25,28-30,32H,5-17,19,22-24,26H2,1-4H3,(H-,34,36)/p+1. The molecule has 0 radical (unpaired) electrons. The highest BCUT2D eigenvalue weighted by atomic mass is 31.2. The van der Waals surface area contributed by atoms with Gasteiger partial charge in [0.05, 0.1) is 13.2 Å². The highest BCUT2D eigenvalue weighted by Crippen LogP contribution is 2.50. The van der Waals surface area contributed by atoms with Gasteiger partial charge in [-0.1, -0.05) is 84.0 Å². The molecular formula is C33H58N2O9P+. The number of rotatable bonds is 25. The SMILES string of the molecule is CCCCCCCCCCCCCCCOCCCOP(=O)(OC)OCC1OC([n+]2cccc(C(N)=O)c2)C2OC(C)(C)OC12. The van der Waals surface area contributed by atoms with E-state index < -0.39 is 44.1 Å². The summed E-state index contributed by atoms with van der Waals surface area (Å²) in [7, 11) is -2.54. The maximum absolute atomic E-state index is 13.1. The number of carbonyl (C=O) groups excluding carboxylic acids is 1. The van der Waals surface area contributed by atoms with Crippen LogP contribution < -0.4 is 10.3 Å². The normalized spacial score (nSPS) is 23.6. The Bertz CT molecular complexity index is 1040. The molecule has 0 saturated carbocycles. The van der Waals surface area contributed by atoms with Crippen molar-refractivity contribution in [1.29, 1.82) is 0 Å². The maximum Gasteiger partial charge on any atom is 0.474 e. The Morgan fingerprint density at radius 2 is 1.49 bits per heavy atom. The highest BCUT2D eigenvalue weighted by Gasteiger charge is 2.59. The number of fused-ring (bicyclic) bond motifs is 1. The van der Waals surface area contributed by atoms with Crippen LogP contribution in [0.5, 0.6) is 0 Å². The smallest absolute Gasteiger partial charge is 0.381 e. The van der Waals surface area contributed by atoms with Gasteiger partial charge in [-0.25, -0.2) is 4.57 Å². The Morgan fingerprint density at radius 1 is 0.889 bits per heavy atom. The summed E-state index contributed by atoms with van der Waals surface area (Å²) in [6, 6.07) is 3.33. The summed E-state index contributed by atoms with van der Waals surface area (Å²) in [5.74, 6) is -1.41. The number of amides is 1. The third-order valence-corrected chi connectivity index (χ3v) is 9.63. The molecular weight excluding hydrogens is 599 g/mol. The minimum Gasteiger partial charge on any atom is -0.381 e. The summed E-state index contributed by atoms with van der Waals surface area (Å²) in [5.41, 5.74) is 5.79. The number of pyridine rings is 1. The molecule has 3 heterocycles. The van der Waals surface area contributed by atoms with Crippen LogP contribution in [-0.4, -0.2) is 63.5 Å². The minimum absolute atomic E-state index is 0.103. The number of carbonyl (C=O) groups is 1. The van der Waals surface area contributed by atoms with Crippen LogP contribution in [0.15, 0.2) is 24.5 Å². The molecule has 3 rings (SSSR count). The Kier molecular flexibility index (Phi) is 16.9. The summed E-state index contributed by atoms with van der Waals surface area (Å²) in [6.07, 6.45) is 18.9. The topological polar surface area (TPSA) is 129 Å². The van der Waals surface area contributed by atoms with Crippen molar-refractivity contribution < 1.29 is 46.4 Å². The first kappa shape index (κ1) is 38.0. The molecule has 11 nitrogen and oxygen atoms in total. The number of unbranched alkanes of at least 4 members (excludes halogenated alkanes) is 12.